The summed E-state index contributed by atoms with van der Waals surface area (Å²) in [7, 11) is 0. The molecule has 2 atom stereocenters. The molecule has 52 valence electrons. The van der Waals surface area contributed by atoms with Gasteiger partial charge in [0.1, 0.15) is 0 Å². The molecule has 1 rings (SSSR count). The van der Waals surface area contributed by atoms with Gasteiger partial charge in [0.05, 0.1) is 0 Å². The van der Waals surface area contributed by atoms with Gasteiger partial charge in [0, 0.05) is 0 Å². The highest BCUT2D eigenvalue weighted by atomic mass is 32.1. The maximum absolute atomic E-state index is 4.38. The quantitative estimate of drug-likeness (QED) is 0.494. The first-order valence-electron chi connectivity index (χ1n) is 3.61. The van der Waals surface area contributed by atoms with Gasteiger partial charge in [-0.3, -0.25) is 0 Å². The van der Waals surface area contributed by atoms with Crippen molar-refractivity contribution in [3.05, 3.63) is 11.0 Å². The van der Waals surface area contributed by atoms with Gasteiger partial charge < -0.3 is 0 Å². The summed E-state index contributed by atoms with van der Waals surface area (Å²) in [4.78, 5) is 1.29. The summed E-state index contributed by atoms with van der Waals surface area (Å²) >= 11 is 4.38. The first-order valence-corrected chi connectivity index (χ1v) is 4.05. The molecule has 0 saturated heterocycles. The van der Waals surface area contributed by atoms with Crippen molar-refractivity contribution in [2.75, 3.05) is 0 Å². The summed E-state index contributed by atoms with van der Waals surface area (Å²) in [5.74, 6) is 1.53. The minimum atomic E-state index is 0.696. The molecule has 0 nitrogen and oxygen atoms in total. The molecule has 0 N–H and O–H groups in total. The van der Waals surface area contributed by atoms with Gasteiger partial charge in [0.15, 0.2) is 0 Å². The van der Waals surface area contributed by atoms with E-state index < -0.39 is 0 Å². The van der Waals surface area contributed by atoms with E-state index in [0.717, 1.165) is 5.92 Å². The fraction of sp³-hybridized carbons (Fsp3) is 0.750. The monoisotopic (exact) mass is 142 g/mol. The Hall–Kier alpha value is 0.0900. The second-order valence-electron chi connectivity index (χ2n) is 2.97. The number of thiol groups is 1. The summed E-state index contributed by atoms with van der Waals surface area (Å²) in [5, 5.41) is 0. The van der Waals surface area contributed by atoms with Crippen molar-refractivity contribution in [3.8, 4) is 0 Å². The molecular weight excluding hydrogens is 128 g/mol. The lowest BCUT2D eigenvalue weighted by Crippen LogP contribution is -2.11. The molecule has 0 aliphatic heterocycles. The lowest BCUT2D eigenvalue weighted by atomic mass is 9.87. The average Bonchev–Trinajstić information content (AvgIpc) is 1.83. The van der Waals surface area contributed by atoms with E-state index in [1.54, 1.807) is 0 Å². The third-order valence-corrected chi connectivity index (χ3v) is 2.89. The van der Waals surface area contributed by atoms with Gasteiger partial charge >= 0.3 is 0 Å². The van der Waals surface area contributed by atoms with E-state index in [0.29, 0.717) is 5.92 Å². The Labute approximate surface area is 62.8 Å². The van der Waals surface area contributed by atoms with Gasteiger partial charge in [-0.05, 0) is 29.6 Å². The minimum Gasteiger partial charge on any atom is -0.148 e. The molecule has 0 saturated carbocycles. The summed E-state index contributed by atoms with van der Waals surface area (Å²) in [6, 6.07) is 0. The van der Waals surface area contributed by atoms with Crippen LogP contribution < -0.4 is 0 Å². The second kappa shape index (κ2) is 2.78. The largest absolute Gasteiger partial charge is 0.148 e. The molecule has 1 aliphatic rings. The highest BCUT2D eigenvalue weighted by Gasteiger charge is 2.17. The molecule has 2 unspecified atom stereocenters. The molecule has 0 heterocycles. The third-order valence-electron chi connectivity index (χ3n) is 2.30. The second-order valence-corrected chi connectivity index (χ2v) is 3.49. The zero-order valence-corrected chi connectivity index (χ0v) is 6.99. The van der Waals surface area contributed by atoms with E-state index >= 15 is 0 Å². The van der Waals surface area contributed by atoms with Crippen LogP contribution in [0.3, 0.4) is 0 Å². The van der Waals surface area contributed by atoms with Gasteiger partial charge in [0.2, 0.25) is 0 Å². The van der Waals surface area contributed by atoms with Crippen LogP contribution in [-0.2, 0) is 0 Å². The maximum Gasteiger partial charge on any atom is -0.0110 e. The molecule has 0 bridgehead atoms. The van der Waals surface area contributed by atoms with E-state index in [9.17, 15) is 0 Å². The fourth-order valence-corrected chi connectivity index (χ4v) is 1.61. The topological polar surface area (TPSA) is 0 Å². The molecular formula is C8H14S. The molecule has 0 aromatic rings. The first-order chi connectivity index (χ1) is 4.22. The Balaban J connectivity index is 2.62. The molecule has 0 spiro atoms. The molecule has 0 radical (unpaired) electrons. The Bertz CT molecular complexity index is 127. The molecule has 1 heteroatoms. The van der Waals surface area contributed by atoms with Crippen molar-refractivity contribution >= 4 is 12.6 Å². The van der Waals surface area contributed by atoms with Crippen molar-refractivity contribution in [2.45, 2.75) is 26.7 Å². The van der Waals surface area contributed by atoms with Crippen LogP contribution in [0.1, 0.15) is 26.7 Å². The zero-order chi connectivity index (χ0) is 6.85. The van der Waals surface area contributed by atoms with Crippen LogP contribution in [0.15, 0.2) is 11.0 Å². The fourth-order valence-electron chi connectivity index (χ4n) is 1.22. The Morgan fingerprint density at radius 3 is 2.67 bits per heavy atom. The minimum absolute atomic E-state index is 0.696. The summed E-state index contributed by atoms with van der Waals surface area (Å²) < 4.78 is 0. The van der Waals surface area contributed by atoms with Crippen molar-refractivity contribution in [1.29, 1.82) is 0 Å². The summed E-state index contributed by atoms with van der Waals surface area (Å²) in [6.07, 6.45) is 4.81. The van der Waals surface area contributed by atoms with Crippen molar-refractivity contribution < 1.29 is 0 Å². The van der Waals surface area contributed by atoms with Gasteiger partial charge in [0.25, 0.3) is 0 Å². The number of hydrogen-bond acceptors (Lipinski definition) is 1. The van der Waals surface area contributed by atoms with Gasteiger partial charge in [-0.25, -0.2) is 0 Å². The lowest BCUT2D eigenvalue weighted by Gasteiger charge is -2.23. The maximum atomic E-state index is 4.38. The predicted molar refractivity (Wildman–Crippen MR) is 44.6 cm³/mol. The van der Waals surface area contributed by atoms with Crippen LogP contribution >= 0.6 is 12.6 Å². The van der Waals surface area contributed by atoms with Crippen LogP contribution in [0.5, 0.6) is 0 Å². The molecule has 9 heavy (non-hydrogen) atoms. The van der Waals surface area contributed by atoms with Crippen LogP contribution in [0.4, 0.5) is 0 Å². The van der Waals surface area contributed by atoms with Crippen molar-refractivity contribution in [2.24, 2.45) is 11.8 Å². The van der Waals surface area contributed by atoms with Crippen LogP contribution in [0.25, 0.3) is 0 Å². The molecule has 0 aromatic heterocycles. The van der Waals surface area contributed by atoms with Gasteiger partial charge in [-0.2, -0.15) is 0 Å². The van der Waals surface area contributed by atoms with Gasteiger partial charge in [-0.1, -0.05) is 19.9 Å². The third kappa shape index (κ3) is 1.51. The number of allylic oxidation sites excluding steroid dienone is 2. The van der Waals surface area contributed by atoms with E-state index in [1.807, 2.05) is 0 Å². The lowest BCUT2D eigenvalue weighted by molar-refractivity contribution is 0.408. The van der Waals surface area contributed by atoms with Crippen molar-refractivity contribution in [1.82, 2.24) is 0 Å². The molecule has 0 aromatic carbocycles. The number of rotatable bonds is 0. The standard InChI is InChI=1S/C8H14S/c1-6-4-3-5-8(9)7(6)2/h5-7,9H,3-4H2,1-2H3. The SMILES string of the molecule is CC1CCC=C(S)C1C. The van der Waals surface area contributed by atoms with E-state index in [-0.39, 0.29) is 0 Å². The van der Waals surface area contributed by atoms with Crippen LogP contribution in [0, 0.1) is 11.8 Å². The normalized spacial score (nSPS) is 36.1. The first kappa shape index (κ1) is 7.20. The molecule has 0 fully saturated rings. The average molecular weight is 142 g/mol. The zero-order valence-electron chi connectivity index (χ0n) is 6.09. The number of hydrogen-bond donors (Lipinski definition) is 1. The predicted octanol–water partition coefficient (Wildman–Crippen LogP) is 2.87. The highest BCUT2D eigenvalue weighted by molar-refractivity contribution is 7.84. The molecule has 0 amide bonds. The highest BCUT2D eigenvalue weighted by Crippen LogP contribution is 2.31. The Morgan fingerprint density at radius 2 is 2.22 bits per heavy atom. The summed E-state index contributed by atoms with van der Waals surface area (Å²) in [5.41, 5.74) is 0. The van der Waals surface area contributed by atoms with Crippen LogP contribution in [0.2, 0.25) is 0 Å². The Morgan fingerprint density at radius 1 is 1.56 bits per heavy atom. The van der Waals surface area contributed by atoms with Crippen molar-refractivity contribution in [3.63, 3.8) is 0 Å². The molecule has 1 aliphatic carbocycles. The Kier molecular flexibility index (Phi) is 2.23. The van der Waals surface area contributed by atoms with Crippen LogP contribution in [-0.4, -0.2) is 0 Å². The van der Waals surface area contributed by atoms with E-state index in [2.05, 4.69) is 32.6 Å². The van der Waals surface area contributed by atoms with E-state index in [4.69, 9.17) is 0 Å². The summed E-state index contributed by atoms with van der Waals surface area (Å²) in [6.45, 7) is 4.55. The van der Waals surface area contributed by atoms with E-state index in [1.165, 1.54) is 17.7 Å². The van der Waals surface area contributed by atoms with Gasteiger partial charge in [-0.15, -0.1) is 12.6 Å². The smallest absolute Gasteiger partial charge is 0.0110 e.